The SMILES string of the molecule is COc1cccc([C@@H]2C[C@@H](O)CN2CCC(=O)Nc2cc(C)on2)c1. The van der Waals surface area contributed by atoms with Crippen molar-refractivity contribution in [1.82, 2.24) is 10.1 Å². The number of aliphatic hydroxyl groups is 1. The van der Waals surface area contributed by atoms with E-state index in [1.54, 1.807) is 20.1 Å². The van der Waals surface area contributed by atoms with Crippen molar-refractivity contribution in [3.8, 4) is 5.75 Å². The number of carbonyl (C=O) groups is 1. The van der Waals surface area contributed by atoms with Crippen LogP contribution in [-0.2, 0) is 4.79 Å². The molecule has 1 amide bonds. The molecule has 0 aliphatic carbocycles. The van der Waals surface area contributed by atoms with Gasteiger partial charge in [0.2, 0.25) is 5.91 Å². The summed E-state index contributed by atoms with van der Waals surface area (Å²) in [6.07, 6.45) is 0.577. The van der Waals surface area contributed by atoms with Crippen LogP contribution in [0.5, 0.6) is 5.75 Å². The molecule has 1 saturated heterocycles. The van der Waals surface area contributed by atoms with Crippen molar-refractivity contribution in [3.63, 3.8) is 0 Å². The molecule has 3 rings (SSSR count). The maximum atomic E-state index is 12.1. The number of methoxy groups -OCH3 is 1. The zero-order valence-electron chi connectivity index (χ0n) is 14.4. The molecule has 7 nitrogen and oxygen atoms in total. The van der Waals surface area contributed by atoms with E-state index in [-0.39, 0.29) is 11.9 Å². The summed E-state index contributed by atoms with van der Waals surface area (Å²) in [5, 5.41) is 16.5. The van der Waals surface area contributed by atoms with Crippen LogP contribution in [0.4, 0.5) is 5.82 Å². The lowest BCUT2D eigenvalue weighted by Crippen LogP contribution is -2.29. The fourth-order valence-corrected chi connectivity index (χ4v) is 3.20. The van der Waals surface area contributed by atoms with Gasteiger partial charge in [-0.15, -0.1) is 0 Å². The average molecular weight is 345 g/mol. The summed E-state index contributed by atoms with van der Waals surface area (Å²) in [5.74, 6) is 1.74. The van der Waals surface area contributed by atoms with Crippen LogP contribution in [0.15, 0.2) is 34.9 Å². The first-order valence-electron chi connectivity index (χ1n) is 8.34. The molecule has 0 bridgehead atoms. The van der Waals surface area contributed by atoms with Crippen LogP contribution in [0.2, 0.25) is 0 Å². The minimum absolute atomic E-state index is 0.0761. The summed E-state index contributed by atoms with van der Waals surface area (Å²) in [6.45, 7) is 2.88. The lowest BCUT2D eigenvalue weighted by Gasteiger charge is -2.24. The van der Waals surface area contributed by atoms with Gasteiger partial charge in [0, 0.05) is 31.6 Å². The van der Waals surface area contributed by atoms with Crippen LogP contribution in [0.3, 0.4) is 0 Å². The maximum absolute atomic E-state index is 12.1. The number of aryl methyl sites for hydroxylation is 1. The van der Waals surface area contributed by atoms with Crippen LogP contribution in [0.1, 0.15) is 30.2 Å². The van der Waals surface area contributed by atoms with Crippen LogP contribution >= 0.6 is 0 Å². The predicted molar refractivity (Wildman–Crippen MR) is 92.4 cm³/mol. The molecule has 1 aliphatic heterocycles. The Morgan fingerprint density at radius 2 is 2.32 bits per heavy atom. The number of amides is 1. The number of β-amino-alcohol motifs (C(OH)–C–C–N with tert-alkyl or cyclic N) is 1. The molecule has 2 heterocycles. The number of nitrogens with one attached hydrogen (secondary N) is 1. The van der Waals surface area contributed by atoms with Crippen molar-refractivity contribution in [2.24, 2.45) is 0 Å². The number of rotatable bonds is 6. The lowest BCUT2D eigenvalue weighted by molar-refractivity contribution is -0.116. The minimum Gasteiger partial charge on any atom is -0.497 e. The number of ether oxygens (including phenoxy) is 1. The van der Waals surface area contributed by atoms with E-state index >= 15 is 0 Å². The van der Waals surface area contributed by atoms with E-state index in [0.717, 1.165) is 11.3 Å². The highest BCUT2D eigenvalue weighted by molar-refractivity contribution is 5.89. The largest absolute Gasteiger partial charge is 0.497 e. The van der Waals surface area contributed by atoms with Gasteiger partial charge in [-0.25, -0.2) is 0 Å². The van der Waals surface area contributed by atoms with E-state index in [4.69, 9.17) is 9.26 Å². The molecular weight excluding hydrogens is 322 g/mol. The van der Waals surface area contributed by atoms with E-state index in [9.17, 15) is 9.90 Å². The Balaban J connectivity index is 1.60. The molecule has 134 valence electrons. The molecule has 1 aromatic carbocycles. The van der Waals surface area contributed by atoms with Crippen LogP contribution in [-0.4, -0.2) is 47.4 Å². The molecule has 7 heteroatoms. The first-order chi connectivity index (χ1) is 12.0. The number of aliphatic hydroxyl groups excluding tert-OH is 1. The second-order valence-corrected chi connectivity index (χ2v) is 6.30. The zero-order valence-corrected chi connectivity index (χ0v) is 14.4. The summed E-state index contributed by atoms with van der Waals surface area (Å²) in [6, 6.07) is 9.59. The van der Waals surface area contributed by atoms with Gasteiger partial charge in [0.15, 0.2) is 5.82 Å². The maximum Gasteiger partial charge on any atom is 0.226 e. The Kier molecular flexibility index (Phi) is 5.35. The number of nitrogens with zero attached hydrogens (tertiary/aromatic N) is 2. The Hall–Kier alpha value is -2.38. The second-order valence-electron chi connectivity index (χ2n) is 6.30. The van der Waals surface area contributed by atoms with Gasteiger partial charge in [0.1, 0.15) is 11.5 Å². The molecule has 2 atom stereocenters. The highest BCUT2D eigenvalue weighted by Crippen LogP contribution is 2.33. The number of aromatic nitrogens is 1. The summed E-state index contributed by atoms with van der Waals surface area (Å²) in [5.41, 5.74) is 1.09. The average Bonchev–Trinajstić information content (AvgIpc) is 3.18. The minimum atomic E-state index is -0.391. The Bertz CT molecular complexity index is 731. The van der Waals surface area contributed by atoms with Gasteiger partial charge in [0.25, 0.3) is 0 Å². The highest BCUT2D eigenvalue weighted by Gasteiger charge is 2.32. The first-order valence-corrected chi connectivity index (χ1v) is 8.34. The fraction of sp³-hybridized carbons (Fsp3) is 0.444. The van der Waals surface area contributed by atoms with E-state index < -0.39 is 6.10 Å². The monoisotopic (exact) mass is 345 g/mol. The molecule has 1 aliphatic rings. The van der Waals surface area contributed by atoms with Crippen LogP contribution in [0, 0.1) is 6.92 Å². The molecule has 0 saturated carbocycles. The summed E-state index contributed by atoms with van der Waals surface area (Å²) in [4.78, 5) is 14.2. The Morgan fingerprint density at radius 1 is 1.48 bits per heavy atom. The topological polar surface area (TPSA) is 87.8 Å². The van der Waals surface area contributed by atoms with Crippen LogP contribution < -0.4 is 10.1 Å². The number of benzene rings is 1. The molecule has 1 aromatic heterocycles. The van der Waals surface area contributed by atoms with Crippen molar-refractivity contribution in [3.05, 3.63) is 41.7 Å². The number of hydrogen-bond acceptors (Lipinski definition) is 6. The molecule has 0 radical (unpaired) electrons. The molecule has 2 N–H and O–H groups in total. The smallest absolute Gasteiger partial charge is 0.226 e. The molecule has 0 unspecified atom stereocenters. The molecule has 0 spiro atoms. The highest BCUT2D eigenvalue weighted by atomic mass is 16.5. The van der Waals surface area contributed by atoms with Gasteiger partial charge in [-0.05, 0) is 31.0 Å². The predicted octanol–water partition coefficient (Wildman–Crippen LogP) is 2.13. The van der Waals surface area contributed by atoms with Crippen molar-refractivity contribution in [2.45, 2.75) is 31.9 Å². The Morgan fingerprint density at radius 3 is 3.04 bits per heavy atom. The van der Waals surface area contributed by atoms with Gasteiger partial charge in [-0.2, -0.15) is 0 Å². The standard InChI is InChI=1S/C18H23N3O4/c1-12-8-17(20-25-12)19-18(23)6-7-21-11-14(22)10-16(21)13-4-3-5-15(9-13)24-2/h3-5,8-9,14,16,22H,6-7,10-11H2,1-2H3,(H,19,20,23)/t14-,16+/m1/s1. The Labute approximate surface area is 146 Å². The summed E-state index contributed by atoms with van der Waals surface area (Å²) < 4.78 is 10.2. The van der Waals surface area contributed by atoms with Crippen molar-refractivity contribution in [1.29, 1.82) is 0 Å². The zero-order chi connectivity index (χ0) is 17.8. The summed E-state index contributed by atoms with van der Waals surface area (Å²) in [7, 11) is 1.64. The first kappa shape index (κ1) is 17.4. The molecule has 1 fully saturated rings. The van der Waals surface area contributed by atoms with Crippen molar-refractivity contribution in [2.75, 3.05) is 25.5 Å². The van der Waals surface area contributed by atoms with Gasteiger partial charge in [-0.3, -0.25) is 9.69 Å². The van der Waals surface area contributed by atoms with Crippen molar-refractivity contribution < 1.29 is 19.2 Å². The van der Waals surface area contributed by atoms with Gasteiger partial charge < -0.3 is 19.7 Å². The third kappa shape index (κ3) is 4.37. The van der Waals surface area contributed by atoms with E-state index in [2.05, 4.69) is 15.4 Å². The number of carbonyl (C=O) groups excluding carboxylic acids is 1. The quantitative estimate of drug-likeness (QED) is 0.834. The number of anilines is 1. The number of hydrogen-bond donors (Lipinski definition) is 2. The van der Waals surface area contributed by atoms with Gasteiger partial charge >= 0.3 is 0 Å². The van der Waals surface area contributed by atoms with Crippen molar-refractivity contribution >= 4 is 11.7 Å². The third-order valence-corrected chi connectivity index (χ3v) is 4.38. The molecule has 25 heavy (non-hydrogen) atoms. The van der Waals surface area contributed by atoms with E-state index in [1.807, 2.05) is 24.3 Å². The van der Waals surface area contributed by atoms with Gasteiger partial charge in [-0.1, -0.05) is 17.3 Å². The molecule has 2 aromatic rings. The van der Waals surface area contributed by atoms with E-state index in [1.165, 1.54) is 0 Å². The van der Waals surface area contributed by atoms with E-state index in [0.29, 0.717) is 37.5 Å². The third-order valence-electron chi connectivity index (χ3n) is 4.38. The summed E-state index contributed by atoms with van der Waals surface area (Å²) >= 11 is 0. The number of likely N-dealkylation sites (tertiary alicyclic amines) is 1. The fourth-order valence-electron chi connectivity index (χ4n) is 3.20. The normalized spacial score (nSPS) is 20.6. The molecular formula is C18H23N3O4. The second kappa shape index (κ2) is 7.67. The lowest BCUT2D eigenvalue weighted by atomic mass is 10.0. The van der Waals surface area contributed by atoms with Crippen LogP contribution in [0.25, 0.3) is 0 Å². The van der Waals surface area contributed by atoms with Gasteiger partial charge in [0.05, 0.1) is 13.2 Å².